The summed E-state index contributed by atoms with van der Waals surface area (Å²) < 4.78 is 11.4. The summed E-state index contributed by atoms with van der Waals surface area (Å²) in [5.41, 5.74) is 2.94. The summed E-state index contributed by atoms with van der Waals surface area (Å²) >= 11 is 18.7. The van der Waals surface area contributed by atoms with Crippen LogP contribution in [-0.2, 0) is 19.4 Å². The van der Waals surface area contributed by atoms with Crippen molar-refractivity contribution in [3.8, 4) is 5.75 Å². The quantitative estimate of drug-likeness (QED) is 0.489. The molecule has 2 aromatic carbocycles. The van der Waals surface area contributed by atoms with Crippen molar-refractivity contribution in [1.82, 2.24) is 4.90 Å². The van der Waals surface area contributed by atoms with Gasteiger partial charge in [-0.15, -0.1) is 0 Å². The normalized spacial score (nSPS) is 14.1. The monoisotopic (exact) mass is 437 g/mol. The van der Waals surface area contributed by atoms with Gasteiger partial charge in [-0.05, 0) is 42.2 Å². The van der Waals surface area contributed by atoms with Gasteiger partial charge in [0.25, 0.3) is 0 Å². The Morgan fingerprint density at radius 1 is 1.07 bits per heavy atom. The van der Waals surface area contributed by atoms with Crippen LogP contribution >= 0.6 is 34.8 Å². The number of benzene rings is 2. The molecule has 2 heterocycles. The molecule has 3 aromatic rings. The summed E-state index contributed by atoms with van der Waals surface area (Å²) in [5.74, 6) is 0.589. The van der Waals surface area contributed by atoms with Crippen molar-refractivity contribution in [2.75, 3.05) is 13.3 Å². The Hall–Kier alpha value is -1.72. The van der Waals surface area contributed by atoms with E-state index in [1.807, 2.05) is 25.1 Å². The van der Waals surface area contributed by atoms with Crippen LogP contribution in [0.2, 0.25) is 15.1 Å². The Morgan fingerprint density at radius 3 is 2.64 bits per heavy atom. The fourth-order valence-electron chi connectivity index (χ4n) is 3.54. The van der Waals surface area contributed by atoms with Crippen molar-refractivity contribution in [2.24, 2.45) is 0 Å². The van der Waals surface area contributed by atoms with Gasteiger partial charge in [0.2, 0.25) is 0 Å². The van der Waals surface area contributed by atoms with Crippen LogP contribution in [0.25, 0.3) is 11.0 Å². The third-order valence-corrected chi connectivity index (χ3v) is 5.86. The van der Waals surface area contributed by atoms with Gasteiger partial charge in [-0.3, -0.25) is 4.90 Å². The molecular formula is C21H18Cl3NO3. The smallest absolute Gasteiger partial charge is 0.336 e. The van der Waals surface area contributed by atoms with Crippen molar-refractivity contribution < 1.29 is 9.15 Å². The van der Waals surface area contributed by atoms with Gasteiger partial charge in [-0.1, -0.05) is 47.8 Å². The molecule has 0 atom stereocenters. The summed E-state index contributed by atoms with van der Waals surface area (Å²) in [4.78, 5) is 14.1. The molecule has 1 aromatic heterocycles. The van der Waals surface area contributed by atoms with E-state index in [-0.39, 0.29) is 5.63 Å². The average Bonchev–Trinajstić information content (AvgIpc) is 2.67. The highest BCUT2D eigenvalue weighted by Gasteiger charge is 2.25. The standard InChI is InChI=1S/C21H18Cl3NO3/c1-2-12-7-19(26)28-20-15(12)9-18(24)21-16(20)10-25(11-27-21)6-5-13-3-4-14(22)8-17(13)23/h3-4,7-9H,2,5-6,10-11H2,1H3. The molecular weight excluding hydrogens is 421 g/mol. The van der Waals surface area contributed by atoms with E-state index < -0.39 is 0 Å². The van der Waals surface area contributed by atoms with E-state index in [1.54, 1.807) is 6.07 Å². The molecule has 1 aliphatic rings. The lowest BCUT2D eigenvalue weighted by Gasteiger charge is -2.30. The zero-order valence-corrected chi connectivity index (χ0v) is 17.5. The summed E-state index contributed by atoms with van der Waals surface area (Å²) in [6, 6.07) is 8.85. The number of fused-ring (bicyclic) bond motifs is 3. The van der Waals surface area contributed by atoms with Crippen molar-refractivity contribution in [1.29, 1.82) is 0 Å². The summed E-state index contributed by atoms with van der Waals surface area (Å²) in [6.07, 6.45) is 1.47. The maximum Gasteiger partial charge on any atom is 0.336 e. The number of halogens is 3. The summed E-state index contributed by atoms with van der Waals surface area (Å²) in [7, 11) is 0. The van der Waals surface area contributed by atoms with Gasteiger partial charge in [0.1, 0.15) is 18.1 Å². The van der Waals surface area contributed by atoms with Crippen LogP contribution in [0.15, 0.2) is 39.5 Å². The maximum absolute atomic E-state index is 12.0. The average molecular weight is 439 g/mol. The Morgan fingerprint density at radius 2 is 1.89 bits per heavy atom. The molecule has 7 heteroatoms. The van der Waals surface area contributed by atoms with Gasteiger partial charge in [-0.25, -0.2) is 4.79 Å². The van der Waals surface area contributed by atoms with Crippen LogP contribution < -0.4 is 10.4 Å². The van der Waals surface area contributed by atoms with Crippen LogP contribution in [0.4, 0.5) is 0 Å². The lowest BCUT2D eigenvalue weighted by Crippen LogP contribution is -2.34. The van der Waals surface area contributed by atoms with Crippen molar-refractivity contribution >= 4 is 45.8 Å². The lowest BCUT2D eigenvalue weighted by molar-refractivity contribution is 0.0969. The Kier molecular flexibility index (Phi) is 5.57. The molecule has 1 aliphatic heterocycles. The molecule has 0 N–H and O–H groups in total. The van der Waals surface area contributed by atoms with Crippen LogP contribution in [0.1, 0.15) is 23.6 Å². The number of ether oxygens (including phenoxy) is 1. The van der Waals surface area contributed by atoms with E-state index in [0.29, 0.717) is 39.7 Å². The second-order valence-corrected chi connectivity index (χ2v) is 8.05. The SMILES string of the molecule is CCc1cc(=O)oc2c3c(c(Cl)cc12)OCN(CCc1ccc(Cl)cc1Cl)C3. The fraction of sp³-hybridized carbons (Fsp3) is 0.286. The third kappa shape index (κ3) is 3.74. The highest BCUT2D eigenvalue weighted by atomic mass is 35.5. The van der Waals surface area contributed by atoms with Crippen molar-refractivity contribution in [3.63, 3.8) is 0 Å². The zero-order valence-electron chi connectivity index (χ0n) is 15.2. The van der Waals surface area contributed by atoms with E-state index in [9.17, 15) is 4.79 Å². The van der Waals surface area contributed by atoms with E-state index in [2.05, 4.69) is 4.90 Å². The van der Waals surface area contributed by atoms with Gasteiger partial charge in [0, 0.05) is 34.6 Å². The molecule has 0 amide bonds. The molecule has 0 spiro atoms. The van der Waals surface area contributed by atoms with E-state index >= 15 is 0 Å². The molecule has 0 aliphatic carbocycles. The summed E-state index contributed by atoms with van der Waals surface area (Å²) in [6.45, 7) is 3.71. The minimum atomic E-state index is -0.362. The van der Waals surface area contributed by atoms with Crippen molar-refractivity contribution in [2.45, 2.75) is 26.3 Å². The minimum absolute atomic E-state index is 0.362. The Bertz CT molecular complexity index is 1110. The fourth-order valence-corrected chi connectivity index (χ4v) is 4.32. The third-order valence-electron chi connectivity index (χ3n) is 4.99. The number of hydrogen-bond acceptors (Lipinski definition) is 4. The molecule has 0 unspecified atom stereocenters. The molecule has 4 nitrogen and oxygen atoms in total. The predicted octanol–water partition coefficient (Wildman–Crippen LogP) is 5.71. The topological polar surface area (TPSA) is 42.7 Å². The number of hydrogen-bond donors (Lipinski definition) is 0. The zero-order chi connectivity index (χ0) is 19.8. The first-order valence-electron chi connectivity index (χ1n) is 9.03. The van der Waals surface area contributed by atoms with Gasteiger partial charge >= 0.3 is 5.63 Å². The van der Waals surface area contributed by atoms with Gasteiger partial charge in [0.05, 0.1) is 10.6 Å². The molecule has 4 rings (SSSR count). The highest BCUT2D eigenvalue weighted by molar-refractivity contribution is 6.35. The van der Waals surface area contributed by atoms with Crippen LogP contribution in [-0.4, -0.2) is 18.2 Å². The van der Waals surface area contributed by atoms with Gasteiger partial charge < -0.3 is 9.15 Å². The predicted molar refractivity (Wildman–Crippen MR) is 113 cm³/mol. The van der Waals surface area contributed by atoms with Gasteiger partial charge in [0.15, 0.2) is 0 Å². The second-order valence-electron chi connectivity index (χ2n) is 6.80. The van der Waals surface area contributed by atoms with Gasteiger partial charge in [-0.2, -0.15) is 0 Å². The van der Waals surface area contributed by atoms with E-state index in [1.165, 1.54) is 6.07 Å². The second kappa shape index (κ2) is 7.96. The molecule has 0 saturated carbocycles. The highest BCUT2D eigenvalue weighted by Crippen LogP contribution is 2.39. The van der Waals surface area contributed by atoms with E-state index in [0.717, 1.165) is 41.5 Å². The largest absolute Gasteiger partial charge is 0.476 e. The molecule has 28 heavy (non-hydrogen) atoms. The van der Waals surface area contributed by atoms with Crippen LogP contribution in [0.3, 0.4) is 0 Å². The first-order chi connectivity index (χ1) is 13.5. The summed E-state index contributed by atoms with van der Waals surface area (Å²) in [5, 5.41) is 2.66. The maximum atomic E-state index is 12.0. The first kappa shape index (κ1) is 19.6. The number of rotatable bonds is 4. The van der Waals surface area contributed by atoms with Crippen LogP contribution in [0, 0.1) is 0 Å². The molecule has 0 fully saturated rings. The van der Waals surface area contributed by atoms with Crippen molar-refractivity contribution in [3.05, 3.63) is 72.5 Å². The Balaban J connectivity index is 1.64. The molecule has 0 radical (unpaired) electrons. The number of aryl methyl sites for hydroxylation is 1. The molecule has 0 saturated heterocycles. The molecule has 0 bridgehead atoms. The minimum Gasteiger partial charge on any atom is -0.476 e. The van der Waals surface area contributed by atoms with E-state index in [4.69, 9.17) is 44.0 Å². The number of nitrogens with zero attached hydrogens (tertiary/aromatic N) is 1. The molecule has 146 valence electrons. The Labute approximate surface area is 177 Å². The lowest BCUT2D eigenvalue weighted by atomic mass is 10.0. The van der Waals surface area contributed by atoms with Crippen LogP contribution in [0.5, 0.6) is 5.75 Å². The first-order valence-corrected chi connectivity index (χ1v) is 10.2.